The number of carbonyl (C=O) groups is 2. The van der Waals surface area contributed by atoms with Gasteiger partial charge < -0.3 is 4.74 Å². The summed E-state index contributed by atoms with van der Waals surface area (Å²) < 4.78 is 45.7. The Kier molecular flexibility index (Phi) is 3.67. The standard InChI is InChI=1S/C19H16F3N3O3/c20-19(21,22)11-3-1-2-10(6-11)8-24-9-12(7-23-24)25-17(26)15-13-4-5-14(28-13)16(15)18(25)27/h1-3,6-7,9,13-16H,4-5,8H2/t13-,14-,15-,16-/m1/s1. The van der Waals surface area contributed by atoms with Gasteiger partial charge in [0.25, 0.3) is 0 Å². The van der Waals surface area contributed by atoms with Crippen molar-refractivity contribution < 1.29 is 27.5 Å². The first-order chi connectivity index (χ1) is 13.3. The molecule has 2 amide bonds. The molecule has 3 aliphatic rings. The molecule has 1 aromatic carbocycles. The molecule has 0 N–H and O–H groups in total. The summed E-state index contributed by atoms with van der Waals surface area (Å²) in [4.78, 5) is 26.7. The van der Waals surface area contributed by atoms with Crippen molar-refractivity contribution >= 4 is 17.5 Å². The normalized spacial score (nSPS) is 29.0. The maximum atomic E-state index is 12.9. The number of amides is 2. The van der Waals surface area contributed by atoms with Gasteiger partial charge in [0.2, 0.25) is 11.8 Å². The Morgan fingerprint density at radius 2 is 1.79 bits per heavy atom. The second-order valence-corrected chi connectivity index (χ2v) is 7.45. The van der Waals surface area contributed by atoms with Gasteiger partial charge >= 0.3 is 6.18 Å². The van der Waals surface area contributed by atoms with Crippen molar-refractivity contribution in [1.29, 1.82) is 0 Å². The van der Waals surface area contributed by atoms with Crippen LogP contribution in [0.4, 0.5) is 18.9 Å². The molecule has 0 aliphatic carbocycles. The van der Waals surface area contributed by atoms with E-state index in [0.29, 0.717) is 11.3 Å². The molecule has 0 spiro atoms. The van der Waals surface area contributed by atoms with Crippen LogP contribution in [-0.2, 0) is 27.0 Å². The van der Waals surface area contributed by atoms with Gasteiger partial charge in [0.15, 0.2) is 0 Å². The maximum absolute atomic E-state index is 12.9. The third-order valence-electron chi connectivity index (χ3n) is 5.76. The van der Waals surface area contributed by atoms with Crippen LogP contribution in [0.5, 0.6) is 0 Å². The van der Waals surface area contributed by atoms with E-state index in [1.165, 1.54) is 23.1 Å². The minimum atomic E-state index is -4.42. The van der Waals surface area contributed by atoms with E-state index in [1.807, 2.05) is 0 Å². The summed E-state index contributed by atoms with van der Waals surface area (Å²) in [6, 6.07) is 4.98. The fourth-order valence-corrected chi connectivity index (χ4v) is 4.55. The van der Waals surface area contributed by atoms with Gasteiger partial charge in [0, 0.05) is 6.20 Å². The fourth-order valence-electron chi connectivity index (χ4n) is 4.55. The molecule has 3 aliphatic heterocycles. The van der Waals surface area contributed by atoms with E-state index in [-0.39, 0.29) is 30.6 Å². The molecule has 0 unspecified atom stereocenters. The Morgan fingerprint density at radius 1 is 1.11 bits per heavy atom. The summed E-state index contributed by atoms with van der Waals surface area (Å²) in [5.41, 5.74) is 0.0354. The van der Waals surface area contributed by atoms with Gasteiger partial charge in [-0.2, -0.15) is 18.3 Å². The third-order valence-corrected chi connectivity index (χ3v) is 5.76. The Labute approximate surface area is 157 Å². The molecule has 3 fully saturated rings. The van der Waals surface area contributed by atoms with Gasteiger partial charge in [-0.25, -0.2) is 4.90 Å². The number of anilines is 1. The number of fused-ring (bicyclic) bond motifs is 5. The zero-order chi connectivity index (χ0) is 19.6. The van der Waals surface area contributed by atoms with Crippen LogP contribution in [0.1, 0.15) is 24.0 Å². The number of rotatable bonds is 3. The molecule has 2 bridgehead atoms. The predicted octanol–water partition coefficient (Wildman–Crippen LogP) is 2.62. The van der Waals surface area contributed by atoms with Crippen LogP contribution in [0, 0.1) is 11.8 Å². The number of alkyl halides is 3. The lowest BCUT2D eigenvalue weighted by molar-refractivity contribution is -0.137. The number of halogens is 3. The number of aromatic nitrogens is 2. The Bertz CT molecular complexity index is 943. The van der Waals surface area contributed by atoms with E-state index >= 15 is 0 Å². The van der Waals surface area contributed by atoms with Crippen molar-refractivity contribution in [2.24, 2.45) is 11.8 Å². The lowest BCUT2D eigenvalue weighted by Gasteiger charge is -2.15. The number of nitrogens with zero attached hydrogens (tertiary/aromatic N) is 3. The van der Waals surface area contributed by atoms with Gasteiger partial charge in [0.1, 0.15) is 0 Å². The second-order valence-electron chi connectivity index (χ2n) is 7.45. The number of imide groups is 1. The highest BCUT2D eigenvalue weighted by Crippen LogP contribution is 2.49. The molecule has 6 nitrogen and oxygen atoms in total. The molecule has 28 heavy (non-hydrogen) atoms. The SMILES string of the molecule is O=C1[C@H]2[C@H](C(=O)N1c1cnn(Cc3cccc(C(F)(F)F)c3)c1)[C@H]1CC[C@H]2O1. The number of benzene rings is 1. The van der Waals surface area contributed by atoms with Crippen LogP contribution in [-0.4, -0.2) is 33.8 Å². The van der Waals surface area contributed by atoms with Crippen LogP contribution < -0.4 is 4.90 Å². The van der Waals surface area contributed by atoms with E-state index in [1.54, 1.807) is 6.07 Å². The first-order valence-corrected chi connectivity index (χ1v) is 9.05. The van der Waals surface area contributed by atoms with Crippen molar-refractivity contribution in [3.63, 3.8) is 0 Å². The summed E-state index contributed by atoms with van der Waals surface area (Å²) in [6.07, 6.45) is -0.333. The van der Waals surface area contributed by atoms with Crippen molar-refractivity contribution in [3.05, 3.63) is 47.8 Å². The van der Waals surface area contributed by atoms with Gasteiger partial charge in [-0.05, 0) is 30.5 Å². The van der Waals surface area contributed by atoms with Gasteiger partial charge in [0.05, 0.1) is 48.0 Å². The van der Waals surface area contributed by atoms with E-state index in [2.05, 4.69) is 5.10 Å². The zero-order valence-corrected chi connectivity index (χ0v) is 14.6. The van der Waals surface area contributed by atoms with Crippen LogP contribution in [0.15, 0.2) is 36.7 Å². The average Bonchev–Trinajstić information content (AvgIpc) is 3.40. The first-order valence-electron chi connectivity index (χ1n) is 9.05. The summed E-state index contributed by atoms with van der Waals surface area (Å²) >= 11 is 0. The van der Waals surface area contributed by atoms with Crippen molar-refractivity contribution in [3.8, 4) is 0 Å². The highest BCUT2D eigenvalue weighted by atomic mass is 19.4. The molecule has 146 valence electrons. The molecule has 9 heteroatoms. The van der Waals surface area contributed by atoms with E-state index in [0.717, 1.165) is 29.9 Å². The zero-order valence-electron chi connectivity index (χ0n) is 14.6. The maximum Gasteiger partial charge on any atom is 0.416 e. The molecule has 0 radical (unpaired) electrons. The highest BCUT2D eigenvalue weighted by Gasteiger charge is 2.62. The quantitative estimate of drug-likeness (QED) is 0.755. The minimum absolute atomic E-state index is 0.0986. The molecule has 4 heterocycles. The van der Waals surface area contributed by atoms with Crippen LogP contribution >= 0.6 is 0 Å². The van der Waals surface area contributed by atoms with E-state index in [4.69, 9.17) is 4.74 Å². The highest BCUT2D eigenvalue weighted by molar-refractivity contribution is 6.22. The molecule has 1 aromatic heterocycles. The molecular formula is C19H16F3N3O3. The summed E-state index contributed by atoms with van der Waals surface area (Å²) in [7, 11) is 0. The predicted molar refractivity (Wildman–Crippen MR) is 90.1 cm³/mol. The fraction of sp³-hybridized carbons (Fsp3) is 0.421. The smallest absolute Gasteiger partial charge is 0.373 e. The molecule has 5 rings (SSSR count). The van der Waals surface area contributed by atoms with Gasteiger partial charge in [-0.15, -0.1) is 0 Å². The molecule has 0 saturated carbocycles. The van der Waals surface area contributed by atoms with Crippen LogP contribution in [0.3, 0.4) is 0 Å². The molecule has 2 aromatic rings. The average molecular weight is 391 g/mol. The largest absolute Gasteiger partial charge is 0.416 e. The number of carbonyl (C=O) groups excluding carboxylic acids is 2. The molecule has 3 saturated heterocycles. The summed E-state index contributed by atoms with van der Waals surface area (Å²) in [5.74, 6) is -1.42. The first kappa shape index (κ1) is 17.4. The van der Waals surface area contributed by atoms with Crippen molar-refractivity contribution in [2.75, 3.05) is 4.90 Å². The number of ether oxygens (including phenoxy) is 1. The monoisotopic (exact) mass is 391 g/mol. The van der Waals surface area contributed by atoms with Crippen LogP contribution in [0.2, 0.25) is 0 Å². The topological polar surface area (TPSA) is 64.4 Å². The molecule has 4 atom stereocenters. The van der Waals surface area contributed by atoms with Crippen LogP contribution in [0.25, 0.3) is 0 Å². The van der Waals surface area contributed by atoms with Crippen molar-refractivity contribution in [1.82, 2.24) is 9.78 Å². The second kappa shape index (κ2) is 5.91. The summed E-state index contributed by atoms with van der Waals surface area (Å²) in [6.45, 7) is 0.0986. The Hall–Kier alpha value is -2.68. The Balaban J connectivity index is 1.37. The third kappa shape index (κ3) is 2.56. The van der Waals surface area contributed by atoms with E-state index < -0.39 is 23.6 Å². The summed E-state index contributed by atoms with van der Waals surface area (Å²) in [5, 5.41) is 4.12. The number of hydrogen-bond donors (Lipinski definition) is 0. The Morgan fingerprint density at radius 3 is 2.43 bits per heavy atom. The lowest BCUT2D eigenvalue weighted by atomic mass is 9.81. The molecular weight excluding hydrogens is 375 g/mol. The lowest BCUT2D eigenvalue weighted by Crippen LogP contribution is -2.34. The van der Waals surface area contributed by atoms with Crippen molar-refractivity contribution in [2.45, 2.75) is 37.8 Å². The van der Waals surface area contributed by atoms with Gasteiger partial charge in [-0.3, -0.25) is 14.3 Å². The number of hydrogen-bond acceptors (Lipinski definition) is 4. The minimum Gasteiger partial charge on any atom is -0.373 e. The van der Waals surface area contributed by atoms with E-state index in [9.17, 15) is 22.8 Å². The van der Waals surface area contributed by atoms with Gasteiger partial charge in [-0.1, -0.05) is 12.1 Å².